The fourth-order valence-corrected chi connectivity index (χ4v) is 3.36. The average Bonchev–Trinajstić information content (AvgIpc) is 2.70. The predicted octanol–water partition coefficient (Wildman–Crippen LogP) is 5.32. The van der Waals surface area contributed by atoms with Gasteiger partial charge in [-0.25, -0.2) is 8.78 Å². The van der Waals surface area contributed by atoms with Crippen LogP contribution in [-0.4, -0.2) is 23.0 Å². The molecule has 3 aromatic rings. The molecule has 0 aliphatic carbocycles. The van der Waals surface area contributed by atoms with E-state index < -0.39 is 0 Å². The van der Waals surface area contributed by atoms with Crippen LogP contribution in [0.25, 0.3) is 16.8 Å². The third kappa shape index (κ3) is 4.29. The van der Waals surface area contributed by atoms with Gasteiger partial charge in [0.15, 0.2) is 0 Å². The molecule has 0 atom stereocenters. The lowest BCUT2D eigenvalue weighted by Crippen LogP contribution is -2.28. The summed E-state index contributed by atoms with van der Waals surface area (Å²) in [5.74, 6) is -0.448. The van der Waals surface area contributed by atoms with Crippen LogP contribution in [0.1, 0.15) is 17.7 Å². The largest absolute Gasteiger partial charge is 0.294 e. The lowest BCUT2D eigenvalue weighted by atomic mass is 9.99. The summed E-state index contributed by atoms with van der Waals surface area (Å²) in [6, 6.07) is 19.1. The highest BCUT2D eigenvalue weighted by Crippen LogP contribution is 2.24. The number of hydrogen-bond acceptors (Lipinski definition) is 2. The molecule has 2 heterocycles. The Morgan fingerprint density at radius 3 is 2.11 bits per heavy atom. The molecule has 4 heteroatoms. The molecule has 27 heavy (non-hydrogen) atoms. The Morgan fingerprint density at radius 2 is 1.48 bits per heavy atom. The van der Waals surface area contributed by atoms with Gasteiger partial charge >= 0.3 is 0 Å². The van der Waals surface area contributed by atoms with Crippen LogP contribution in [0, 0.1) is 11.6 Å². The van der Waals surface area contributed by atoms with Crippen molar-refractivity contribution < 1.29 is 8.78 Å². The molecular weight excluding hydrogens is 342 g/mol. The van der Waals surface area contributed by atoms with E-state index in [1.807, 2.05) is 30.3 Å². The average molecular weight is 362 g/mol. The second-order valence-corrected chi connectivity index (χ2v) is 6.74. The normalized spacial score (nSPS) is 14.8. The summed E-state index contributed by atoms with van der Waals surface area (Å²) in [6.07, 6.45) is 3.14. The van der Waals surface area contributed by atoms with E-state index in [0.29, 0.717) is 0 Å². The fraction of sp³-hybridized carbons (Fsp3) is 0.174. The van der Waals surface area contributed by atoms with Gasteiger partial charge in [-0.05, 0) is 66.1 Å². The molecule has 1 aliphatic rings. The molecule has 1 aromatic heterocycles. The van der Waals surface area contributed by atoms with Gasteiger partial charge in [0, 0.05) is 25.2 Å². The van der Waals surface area contributed by atoms with E-state index in [4.69, 9.17) is 4.98 Å². The summed E-state index contributed by atoms with van der Waals surface area (Å²) in [4.78, 5) is 7.06. The molecule has 0 radical (unpaired) electrons. The number of aromatic nitrogens is 1. The maximum Gasteiger partial charge on any atom is 0.123 e. The molecule has 0 saturated heterocycles. The number of benzene rings is 2. The molecule has 0 saturated carbocycles. The minimum atomic E-state index is -0.244. The van der Waals surface area contributed by atoms with Gasteiger partial charge in [0.1, 0.15) is 11.6 Å². The van der Waals surface area contributed by atoms with Gasteiger partial charge in [0.25, 0.3) is 0 Å². The van der Waals surface area contributed by atoms with E-state index in [1.54, 1.807) is 12.1 Å². The Labute approximate surface area is 157 Å². The third-order valence-corrected chi connectivity index (χ3v) is 4.84. The molecule has 0 unspecified atom stereocenters. The standard InChI is InChI=1S/C23H20F2N2/c24-20-8-4-17(5-9-20)18-12-14-27(15-13-18)16-22-2-1-3-23(26-22)19-6-10-21(25)11-7-19/h1-12H,13-16H2. The van der Waals surface area contributed by atoms with Gasteiger partial charge in [-0.1, -0.05) is 24.3 Å². The number of halogens is 2. The Hall–Kier alpha value is -2.85. The molecule has 0 spiro atoms. The van der Waals surface area contributed by atoms with Crippen molar-refractivity contribution in [2.75, 3.05) is 13.1 Å². The van der Waals surface area contributed by atoms with E-state index in [9.17, 15) is 8.78 Å². The van der Waals surface area contributed by atoms with Gasteiger partial charge in [-0.3, -0.25) is 9.88 Å². The maximum atomic E-state index is 13.1. The van der Waals surface area contributed by atoms with E-state index in [2.05, 4.69) is 11.0 Å². The molecule has 136 valence electrons. The Balaban J connectivity index is 1.44. The van der Waals surface area contributed by atoms with Crippen LogP contribution in [0.3, 0.4) is 0 Å². The van der Waals surface area contributed by atoms with Crippen molar-refractivity contribution >= 4 is 5.57 Å². The monoisotopic (exact) mass is 362 g/mol. The predicted molar refractivity (Wildman–Crippen MR) is 104 cm³/mol. The molecule has 2 aromatic carbocycles. The van der Waals surface area contributed by atoms with Crippen molar-refractivity contribution in [3.63, 3.8) is 0 Å². The molecule has 1 aliphatic heterocycles. The van der Waals surface area contributed by atoms with Crippen LogP contribution in [0.15, 0.2) is 72.8 Å². The molecule has 0 fully saturated rings. The number of nitrogens with zero attached hydrogens (tertiary/aromatic N) is 2. The second kappa shape index (κ2) is 7.80. The first-order chi connectivity index (χ1) is 13.2. The summed E-state index contributed by atoms with van der Waals surface area (Å²) in [7, 11) is 0. The Morgan fingerprint density at radius 1 is 0.815 bits per heavy atom. The molecule has 0 N–H and O–H groups in total. The summed E-state index contributed by atoms with van der Waals surface area (Å²) in [6.45, 7) is 2.54. The van der Waals surface area contributed by atoms with Crippen molar-refractivity contribution in [2.24, 2.45) is 0 Å². The number of rotatable bonds is 4. The summed E-state index contributed by atoms with van der Waals surface area (Å²) >= 11 is 0. The first-order valence-electron chi connectivity index (χ1n) is 9.06. The topological polar surface area (TPSA) is 16.1 Å². The van der Waals surface area contributed by atoms with Gasteiger partial charge < -0.3 is 0 Å². The first kappa shape index (κ1) is 17.6. The highest BCUT2D eigenvalue weighted by atomic mass is 19.1. The molecular formula is C23H20F2N2. The van der Waals surface area contributed by atoms with Crippen LogP contribution in [0.2, 0.25) is 0 Å². The van der Waals surface area contributed by atoms with E-state index in [1.165, 1.54) is 29.8 Å². The van der Waals surface area contributed by atoms with Gasteiger partial charge in [0.2, 0.25) is 0 Å². The maximum absolute atomic E-state index is 13.1. The minimum absolute atomic E-state index is 0.205. The zero-order valence-corrected chi connectivity index (χ0v) is 14.9. The van der Waals surface area contributed by atoms with Crippen LogP contribution >= 0.6 is 0 Å². The van der Waals surface area contributed by atoms with Crippen molar-refractivity contribution in [3.8, 4) is 11.3 Å². The fourth-order valence-electron chi connectivity index (χ4n) is 3.36. The minimum Gasteiger partial charge on any atom is -0.294 e. The quantitative estimate of drug-likeness (QED) is 0.625. The van der Waals surface area contributed by atoms with Crippen molar-refractivity contribution in [3.05, 3.63) is 95.7 Å². The number of pyridine rings is 1. The molecule has 0 amide bonds. The smallest absolute Gasteiger partial charge is 0.123 e. The Kier molecular flexibility index (Phi) is 5.07. The SMILES string of the molecule is Fc1ccc(C2=CCN(Cc3cccc(-c4ccc(F)cc4)n3)CC2)cc1. The van der Waals surface area contributed by atoms with Gasteiger partial charge in [0.05, 0.1) is 11.4 Å². The molecule has 4 rings (SSSR count). The van der Waals surface area contributed by atoms with Crippen molar-refractivity contribution in [1.82, 2.24) is 9.88 Å². The lowest BCUT2D eigenvalue weighted by molar-refractivity contribution is 0.290. The highest BCUT2D eigenvalue weighted by molar-refractivity contribution is 5.66. The van der Waals surface area contributed by atoms with Crippen LogP contribution in [0.5, 0.6) is 0 Å². The number of hydrogen-bond donors (Lipinski definition) is 0. The van der Waals surface area contributed by atoms with Crippen LogP contribution in [-0.2, 0) is 6.54 Å². The first-order valence-corrected chi connectivity index (χ1v) is 9.06. The van der Waals surface area contributed by atoms with Gasteiger partial charge in [-0.2, -0.15) is 0 Å². The van der Waals surface area contributed by atoms with E-state index >= 15 is 0 Å². The zero-order chi connectivity index (χ0) is 18.6. The van der Waals surface area contributed by atoms with Gasteiger partial charge in [-0.15, -0.1) is 0 Å². The highest BCUT2D eigenvalue weighted by Gasteiger charge is 2.14. The van der Waals surface area contributed by atoms with Crippen LogP contribution < -0.4 is 0 Å². The molecule has 2 nitrogen and oxygen atoms in total. The third-order valence-electron chi connectivity index (χ3n) is 4.84. The summed E-state index contributed by atoms with van der Waals surface area (Å²) < 4.78 is 26.2. The Bertz CT molecular complexity index is 947. The second-order valence-electron chi connectivity index (χ2n) is 6.74. The summed E-state index contributed by atoms with van der Waals surface area (Å²) in [5.41, 5.74) is 5.12. The molecule has 0 bridgehead atoms. The summed E-state index contributed by atoms with van der Waals surface area (Å²) in [5, 5.41) is 0. The van der Waals surface area contributed by atoms with Crippen LogP contribution in [0.4, 0.5) is 8.78 Å². The van der Waals surface area contributed by atoms with Crippen molar-refractivity contribution in [2.45, 2.75) is 13.0 Å². The van der Waals surface area contributed by atoms with E-state index in [-0.39, 0.29) is 11.6 Å². The lowest BCUT2D eigenvalue weighted by Gasteiger charge is -2.26. The zero-order valence-electron chi connectivity index (χ0n) is 14.9. The van der Waals surface area contributed by atoms with Crippen molar-refractivity contribution in [1.29, 1.82) is 0 Å². The van der Waals surface area contributed by atoms with E-state index in [0.717, 1.165) is 48.6 Å².